The number of nitrogens with one attached hydrogen (secondary N) is 1. The minimum absolute atomic E-state index is 0.359. The predicted octanol–water partition coefficient (Wildman–Crippen LogP) is 4.38. The first-order chi connectivity index (χ1) is 8.25. The Kier molecular flexibility index (Phi) is 4.05. The molecule has 0 aliphatic carbocycles. The van der Waals surface area contributed by atoms with Crippen molar-refractivity contribution >= 4 is 17.3 Å². The van der Waals surface area contributed by atoms with Crippen LogP contribution in [0.4, 0.5) is 5.69 Å². The quantitative estimate of drug-likeness (QED) is 0.843. The maximum atomic E-state index is 6.11. The molecule has 0 bridgehead atoms. The van der Waals surface area contributed by atoms with Crippen LogP contribution in [0.2, 0.25) is 5.02 Å². The van der Waals surface area contributed by atoms with Crippen LogP contribution < -0.4 is 5.32 Å². The third kappa shape index (κ3) is 3.50. The highest BCUT2D eigenvalue weighted by molar-refractivity contribution is 6.33. The fourth-order valence-electron chi connectivity index (χ4n) is 1.86. The Bertz CT molecular complexity index is 467. The van der Waals surface area contributed by atoms with Crippen molar-refractivity contribution in [1.29, 1.82) is 0 Å². The molecule has 0 aliphatic rings. The van der Waals surface area contributed by atoms with Crippen molar-refractivity contribution in [2.75, 3.05) is 5.32 Å². The molecule has 88 valence electrons. The van der Waals surface area contributed by atoms with Crippen LogP contribution in [0.5, 0.6) is 0 Å². The molecule has 0 saturated heterocycles. The van der Waals surface area contributed by atoms with Gasteiger partial charge in [0.15, 0.2) is 0 Å². The van der Waals surface area contributed by atoms with Crippen LogP contribution in [0.1, 0.15) is 12.5 Å². The summed E-state index contributed by atoms with van der Waals surface area (Å²) >= 11 is 6.11. The first kappa shape index (κ1) is 12.0. The van der Waals surface area contributed by atoms with E-state index in [1.54, 1.807) is 0 Å². The normalized spacial score (nSPS) is 12.1. The summed E-state index contributed by atoms with van der Waals surface area (Å²) < 4.78 is 0. The zero-order valence-electron chi connectivity index (χ0n) is 9.86. The Balaban J connectivity index is 1.98. The van der Waals surface area contributed by atoms with E-state index in [0.717, 1.165) is 17.1 Å². The second-order valence-corrected chi connectivity index (χ2v) is 4.62. The third-order valence-electron chi connectivity index (χ3n) is 2.66. The van der Waals surface area contributed by atoms with Gasteiger partial charge in [0.1, 0.15) is 0 Å². The van der Waals surface area contributed by atoms with Crippen molar-refractivity contribution < 1.29 is 0 Å². The molecular formula is C15H16ClN. The summed E-state index contributed by atoms with van der Waals surface area (Å²) in [4.78, 5) is 0. The number of rotatable bonds is 4. The maximum Gasteiger partial charge on any atom is 0.0637 e. The van der Waals surface area contributed by atoms with E-state index in [1.165, 1.54) is 5.56 Å². The van der Waals surface area contributed by atoms with Crippen molar-refractivity contribution in [2.45, 2.75) is 19.4 Å². The van der Waals surface area contributed by atoms with Gasteiger partial charge in [0.05, 0.1) is 10.7 Å². The predicted molar refractivity (Wildman–Crippen MR) is 74.7 cm³/mol. The van der Waals surface area contributed by atoms with Gasteiger partial charge in [-0.3, -0.25) is 0 Å². The second kappa shape index (κ2) is 5.74. The maximum absolute atomic E-state index is 6.11. The Morgan fingerprint density at radius 1 is 1.00 bits per heavy atom. The van der Waals surface area contributed by atoms with E-state index in [4.69, 9.17) is 11.6 Å². The van der Waals surface area contributed by atoms with E-state index in [2.05, 4.69) is 36.5 Å². The second-order valence-electron chi connectivity index (χ2n) is 4.21. The molecule has 2 rings (SSSR count). The molecule has 17 heavy (non-hydrogen) atoms. The van der Waals surface area contributed by atoms with Crippen LogP contribution in [0.3, 0.4) is 0 Å². The monoisotopic (exact) mass is 245 g/mol. The summed E-state index contributed by atoms with van der Waals surface area (Å²) in [6.07, 6.45) is 0.992. The first-order valence-electron chi connectivity index (χ1n) is 5.80. The summed E-state index contributed by atoms with van der Waals surface area (Å²) in [5, 5.41) is 4.20. The molecular weight excluding hydrogens is 230 g/mol. The topological polar surface area (TPSA) is 12.0 Å². The Hall–Kier alpha value is -1.47. The minimum Gasteiger partial charge on any atom is -0.381 e. The number of benzene rings is 2. The van der Waals surface area contributed by atoms with Crippen molar-refractivity contribution in [3.63, 3.8) is 0 Å². The van der Waals surface area contributed by atoms with Gasteiger partial charge in [0.2, 0.25) is 0 Å². The van der Waals surface area contributed by atoms with Crippen LogP contribution in [-0.4, -0.2) is 6.04 Å². The SMILES string of the molecule is CC(Cc1ccccc1)Nc1ccccc1Cl. The molecule has 1 unspecified atom stereocenters. The van der Waals surface area contributed by atoms with E-state index >= 15 is 0 Å². The van der Waals surface area contributed by atoms with Gasteiger partial charge in [-0.05, 0) is 31.0 Å². The molecule has 0 amide bonds. The molecule has 2 aromatic rings. The number of anilines is 1. The zero-order chi connectivity index (χ0) is 12.1. The molecule has 0 saturated carbocycles. The lowest BCUT2D eigenvalue weighted by atomic mass is 10.1. The van der Waals surface area contributed by atoms with Crippen LogP contribution in [0.25, 0.3) is 0 Å². The number of halogens is 1. The lowest BCUT2D eigenvalue weighted by Crippen LogP contribution is -2.18. The van der Waals surface area contributed by atoms with Gasteiger partial charge < -0.3 is 5.32 Å². The smallest absolute Gasteiger partial charge is 0.0637 e. The fraction of sp³-hybridized carbons (Fsp3) is 0.200. The first-order valence-corrected chi connectivity index (χ1v) is 6.18. The molecule has 0 aliphatic heterocycles. The van der Waals surface area contributed by atoms with Gasteiger partial charge in [-0.1, -0.05) is 54.1 Å². The molecule has 0 radical (unpaired) electrons. The fourth-order valence-corrected chi connectivity index (χ4v) is 2.05. The van der Waals surface area contributed by atoms with E-state index in [0.29, 0.717) is 6.04 Å². The molecule has 1 atom stereocenters. The zero-order valence-corrected chi connectivity index (χ0v) is 10.6. The summed E-state index contributed by atoms with van der Waals surface area (Å²) in [6.45, 7) is 2.16. The molecule has 2 heteroatoms. The van der Waals surface area contributed by atoms with Crippen LogP contribution in [0.15, 0.2) is 54.6 Å². The van der Waals surface area contributed by atoms with Crippen LogP contribution >= 0.6 is 11.6 Å². The lowest BCUT2D eigenvalue weighted by Gasteiger charge is -2.16. The van der Waals surface area contributed by atoms with Gasteiger partial charge in [-0.25, -0.2) is 0 Å². The van der Waals surface area contributed by atoms with Gasteiger partial charge in [-0.15, -0.1) is 0 Å². The summed E-state index contributed by atoms with van der Waals surface area (Å²) in [5.74, 6) is 0. The summed E-state index contributed by atoms with van der Waals surface area (Å²) in [6, 6.07) is 18.7. The largest absolute Gasteiger partial charge is 0.381 e. The van der Waals surface area contributed by atoms with Crippen molar-refractivity contribution in [3.05, 3.63) is 65.2 Å². The summed E-state index contributed by atoms with van der Waals surface area (Å²) in [7, 11) is 0. The molecule has 0 spiro atoms. The number of hydrogen-bond donors (Lipinski definition) is 1. The average molecular weight is 246 g/mol. The molecule has 0 heterocycles. The molecule has 1 N–H and O–H groups in total. The van der Waals surface area contributed by atoms with Crippen LogP contribution in [-0.2, 0) is 6.42 Å². The Morgan fingerprint density at radius 2 is 1.65 bits per heavy atom. The van der Waals surface area contributed by atoms with Crippen LogP contribution in [0, 0.1) is 0 Å². The van der Waals surface area contributed by atoms with Crippen molar-refractivity contribution in [2.24, 2.45) is 0 Å². The Morgan fingerprint density at radius 3 is 2.35 bits per heavy atom. The van der Waals surface area contributed by atoms with E-state index in [9.17, 15) is 0 Å². The minimum atomic E-state index is 0.359. The number of hydrogen-bond acceptors (Lipinski definition) is 1. The third-order valence-corrected chi connectivity index (χ3v) is 2.99. The standard InChI is InChI=1S/C15H16ClN/c1-12(11-13-7-3-2-4-8-13)17-15-10-6-5-9-14(15)16/h2-10,12,17H,11H2,1H3. The molecule has 0 fully saturated rings. The highest BCUT2D eigenvalue weighted by Crippen LogP contribution is 2.21. The number of para-hydroxylation sites is 1. The van der Waals surface area contributed by atoms with E-state index < -0.39 is 0 Å². The van der Waals surface area contributed by atoms with Crippen molar-refractivity contribution in [1.82, 2.24) is 0 Å². The summed E-state index contributed by atoms with van der Waals surface area (Å²) in [5.41, 5.74) is 2.33. The lowest BCUT2D eigenvalue weighted by molar-refractivity contribution is 0.790. The molecule has 2 aromatic carbocycles. The van der Waals surface area contributed by atoms with Gasteiger partial charge in [-0.2, -0.15) is 0 Å². The molecule has 1 nitrogen and oxygen atoms in total. The Labute approximate surface area is 107 Å². The van der Waals surface area contributed by atoms with Gasteiger partial charge in [0.25, 0.3) is 0 Å². The van der Waals surface area contributed by atoms with Crippen molar-refractivity contribution in [3.8, 4) is 0 Å². The average Bonchev–Trinajstić information content (AvgIpc) is 2.33. The van der Waals surface area contributed by atoms with E-state index in [1.807, 2.05) is 30.3 Å². The van der Waals surface area contributed by atoms with E-state index in [-0.39, 0.29) is 0 Å². The van der Waals surface area contributed by atoms with Gasteiger partial charge in [0, 0.05) is 6.04 Å². The highest BCUT2D eigenvalue weighted by Gasteiger charge is 2.05. The molecule has 0 aromatic heterocycles. The highest BCUT2D eigenvalue weighted by atomic mass is 35.5. The van der Waals surface area contributed by atoms with Gasteiger partial charge >= 0.3 is 0 Å².